The van der Waals surface area contributed by atoms with E-state index in [-0.39, 0.29) is 6.61 Å². The number of nitrogens with two attached hydrogens (primary N) is 1. The van der Waals surface area contributed by atoms with E-state index in [0.29, 0.717) is 5.13 Å². The van der Waals surface area contributed by atoms with Crippen LogP contribution in [0.2, 0.25) is 0 Å². The first kappa shape index (κ1) is 9.18. The molecule has 2 aromatic rings. The molecule has 0 saturated heterocycles. The summed E-state index contributed by atoms with van der Waals surface area (Å²) in [5.74, 6) is 0. The molecule has 3 nitrogen and oxygen atoms in total. The molecule has 14 heavy (non-hydrogen) atoms. The van der Waals surface area contributed by atoms with E-state index < -0.39 is 0 Å². The lowest BCUT2D eigenvalue weighted by Gasteiger charge is -2.02. The van der Waals surface area contributed by atoms with Crippen LogP contribution in [0.3, 0.4) is 0 Å². The minimum atomic E-state index is 0.0357. The Hall–Kier alpha value is -1.39. The first-order valence-corrected chi connectivity index (χ1v) is 5.03. The molecule has 0 aliphatic rings. The topological polar surface area (TPSA) is 59.1 Å². The molecule has 72 valence electrons. The van der Waals surface area contributed by atoms with Crippen molar-refractivity contribution in [2.24, 2.45) is 0 Å². The molecule has 4 heteroatoms. The molecular formula is C10H10N2OS. The van der Waals surface area contributed by atoms with Crippen molar-refractivity contribution in [1.29, 1.82) is 0 Å². The Morgan fingerprint density at radius 2 is 2.14 bits per heavy atom. The van der Waals surface area contributed by atoms with Crippen molar-refractivity contribution in [3.63, 3.8) is 0 Å². The third-order valence-electron chi connectivity index (χ3n) is 1.98. The Bertz CT molecular complexity index is 439. The highest BCUT2D eigenvalue weighted by Crippen LogP contribution is 2.29. The van der Waals surface area contributed by atoms with Crippen LogP contribution in [0.4, 0.5) is 5.13 Å². The Morgan fingerprint density at radius 3 is 2.79 bits per heavy atom. The quantitative estimate of drug-likeness (QED) is 0.788. The summed E-state index contributed by atoms with van der Waals surface area (Å²) in [5, 5.41) is 9.69. The van der Waals surface area contributed by atoms with Crippen molar-refractivity contribution in [3.05, 3.63) is 36.0 Å². The number of aromatic nitrogens is 1. The third-order valence-corrected chi connectivity index (χ3v) is 2.84. The van der Waals surface area contributed by atoms with Gasteiger partial charge in [-0.1, -0.05) is 35.6 Å². The SMILES string of the molecule is Nc1ncc(-c2ccccc2CO)s1. The maximum Gasteiger partial charge on any atom is 0.180 e. The van der Waals surface area contributed by atoms with Crippen LogP contribution >= 0.6 is 11.3 Å². The van der Waals surface area contributed by atoms with Gasteiger partial charge < -0.3 is 10.8 Å². The third kappa shape index (κ3) is 1.62. The number of nitrogen functional groups attached to an aromatic ring is 1. The molecular weight excluding hydrogens is 196 g/mol. The predicted octanol–water partition coefficient (Wildman–Crippen LogP) is 1.88. The van der Waals surface area contributed by atoms with Crippen molar-refractivity contribution in [3.8, 4) is 10.4 Å². The van der Waals surface area contributed by atoms with Crippen LogP contribution < -0.4 is 5.73 Å². The molecule has 0 radical (unpaired) electrons. The largest absolute Gasteiger partial charge is 0.392 e. The van der Waals surface area contributed by atoms with Crippen molar-refractivity contribution in [2.45, 2.75) is 6.61 Å². The summed E-state index contributed by atoms with van der Waals surface area (Å²) in [6, 6.07) is 7.69. The van der Waals surface area contributed by atoms with E-state index in [0.717, 1.165) is 16.0 Å². The lowest BCUT2D eigenvalue weighted by atomic mass is 10.1. The molecule has 0 aliphatic heterocycles. The summed E-state index contributed by atoms with van der Waals surface area (Å²) in [4.78, 5) is 4.98. The van der Waals surface area contributed by atoms with Gasteiger partial charge in [0.15, 0.2) is 5.13 Å². The molecule has 1 aromatic carbocycles. The second kappa shape index (κ2) is 3.77. The first-order chi connectivity index (χ1) is 6.81. The lowest BCUT2D eigenvalue weighted by molar-refractivity contribution is 0.282. The molecule has 1 heterocycles. The summed E-state index contributed by atoms with van der Waals surface area (Å²) in [7, 11) is 0. The number of hydrogen-bond acceptors (Lipinski definition) is 4. The summed E-state index contributed by atoms with van der Waals surface area (Å²) in [5.41, 5.74) is 7.46. The lowest BCUT2D eigenvalue weighted by Crippen LogP contribution is -1.86. The molecule has 0 atom stereocenters. The van der Waals surface area contributed by atoms with Gasteiger partial charge in [-0.15, -0.1) is 0 Å². The molecule has 0 bridgehead atoms. The number of aliphatic hydroxyl groups is 1. The Labute approximate surface area is 85.8 Å². The van der Waals surface area contributed by atoms with Gasteiger partial charge in [-0.2, -0.15) is 0 Å². The average molecular weight is 206 g/mol. The van der Waals surface area contributed by atoms with Crippen LogP contribution in [0.25, 0.3) is 10.4 Å². The van der Waals surface area contributed by atoms with Crippen molar-refractivity contribution < 1.29 is 5.11 Å². The van der Waals surface area contributed by atoms with E-state index in [1.165, 1.54) is 11.3 Å². The smallest absolute Gasteiger partial charge is 0.180 e. The zero-order valence-electron chi connectivity index (χ0n) is 7.47. The monoisotopic (exact) mass is 206 g/mol. The second-order valence-electron chi connectivity index (χ2n) is 2.88. The average Bonchev–Trinajstić information content (AvgIpc) is 2.65. The van der Waals surface area contributed by atoms with Gasteiger partial charge in [-0.25, -0.2) is 4.98 Å². The van der Waals surface area contributed by atoms with Gasteiger partial charge >= 0.3 is 0 Å². The fraction of sp³-hybridized carbons (Fsp3) is 0.100. The summed E-state index contributed by atoms with van der Waals surface area (Å²) in [6.07, 6.45) is 1.73. The van der Waals surface area contributed by atoms with Gasteiger partial charge in [-0.3, -0.25) is 0 Å². The standard InChI is InChI=1S/C10H10N2OS/c11-10-12-5-9(14-10)8-4-2-1-3-7(8)6-13/h1-5,13H,6H2,(H2,11,12). The molecule has 0 saturated carbocycles. The van der Waals surface area contributed by atoms with Gasteiger partial charge in [0.1, 0.15) is 0 Å². The maximum absolute atomic E-state index is 9.14. The van der Waals surface area contributed by atoms with E-state index in [1.54, 1.807) is 6.20 Å². The van der Waals surface area contributed by atoms with E-state index in [9.17, 15) is 0 Å². The normalized spacial score (nSPS) is 10.4. The van der Waals surface area contributed by atoms with Crippen molar-refractivity contribution in [1.82, 2.24) is 4.98 Å². The molecule has 0 aliphatic carbocycles. The van der Waals surface area contributed by atoms with E-state index in [2.05, 4.69) is 4.98 Å². The minimum absolute atomic E-state index is 0.0357. The number of rotatable bonds is 2. The molecule has 0 amide bonds. The minimum Gasteiger partial charge on any atom is -0.392 e. The van der Waals surface area contributed by atoms with Crippen LogP contribution in [0.5, 0.6) is 0 Å². The van der Waals surface area contributed by atoms with Crippen LogP contribution in [0.15, 0.2) is 30.5 Å². The van der Waals surface area contributed by atoms with Crippen LogP contribution in [-0.4, -0.2) is 10.1 Å². The highest BCUT2D eigenvalue weighted by atomic mass is 32.1. The molecule has 0 spiro atoms. The highest BCUT2D eigenvalue weighted by Gasteiger charge is 2.06. The van der Waals surface area contributed by atoms with Gasteiger partial charge in [0, 0.05) is 6.20 Å². The number of anilines is 1. The van der Waals surface area contributed by atoms with Crippen molar-refractivity contribution >= 4 is 16.5 Å². The molecule has 1 aromatic heterocycles. The maximum atomic E-state index is 9.14. The number of nitrogens with zero attached hydrogens (tertiary/aromatic N) is 1. The van der Waals surface area contributed by atoms with E-state index >= 15 is 0 Å². The predicted molar refractivity (Wildman–Crippen MR) is 57.9 cm³/mol. The Balaban J connectivity index is 2.50. The van der Waals surface area contributed by atoms with Gasteiger partial charge in [0.05, 0.1) is 11.5 Å². The van der Waals surface area contributed by atoms with Gasteiger partial charge in [0.25, 0.3) is 0 Å². The number of benzene rings is 1. The Kier molecular flexibility index (Phi) is 2.47. The fourth-order valence-electron chi connectivity index (χ4n) is 1.31. The van der Waals surface area contributed by atoms with Gasteiger partial charge in [-0.05, 0) is 11.1 Å². The number of hydrogen-bond donors (Lipinski definition) is 2. The summed E-state index contributed by atoms with van der Waals surface area (Å²) < 4.78 is 0. The first-order valence-electron chi connectivity index (χ1n) is 4.21. The highest BCUT2D eigenvalue weighted by molar-refractivity contribution is 7.18. The van der Waals surface area contributed by atoms with Crippen LogP contribution in [0, 0.1) is 0 Å². The van der Waals surface area contributed by atoms with Crippen LogP contribution in [0.1, 0.15) is 5.56 Å². The van der Waals surface area contributed by atoms with Crippen LogP contribution in [-0.2, 0) is 6.61 Å². The molecule has 3 N–H and O–H groups in total. The number of thiazole rings is 1. The molecule has 2 rings (SSSR count). The van der Waals surface area contributed by atoms with Crippen molar-refractivity contribution in [2.75, 3.05) is 5.73 Å². The Morgan fingerprint density at radius 1 is 1.36 bits per heavy atom. The molecule has 0 unspecified atom stereocenters. The summed E-state index contributed by atoms with van der Waals surface area (Å²) >= 11 is 1.43. The van der Waals surface area contributed by atoms with E-state index in [1.807, 2.05) is 24.3 Å². The number of aliphatic hydroxyl groups excluding tert-OH is 1. The fourth-order valence-corrected chi connectivity index (χ4v) is 2.06. The zero-order valence-corrected chi connectivity index (χ0v) is 8.29. The zero-order chi connectivity index (χ0) is 9.97. The van der Waals surface area contributed by atoms with Gasteiger partial charge in [0.2, 0.25) is 0 Å². The van der Waals surface area contributed by atoms with E-state index in [4.69, 9.17) is 10.8 Å². The summed E-state index contributed by atoms with van der Waals surface area (Å²) in [6.45, 7) is 0.0357. The molecule has 0 fully saturated rings. The second-order valence-corrected chi connectivity index (χ2v) is 3.94.